The fourth-order valence-corrected chi connectivity index (χ4v) is 4.35. The maximum atomic E-state index is 12.2. The van der Waals surface area contributed by atoms with Crippen LogP contribution in [0.1, 0.15) is 38.5 Å². The number of likely N-dealkylation sites (N-methyl/N-ethyl adjacent to an activating group) is 1. The average molecular weight is 361 g/mol. The molecule has 124 valence electrons. The maximum Gasteiger partial charge on any atom is 0.251 e. The number of carbonyl (C=O) groups excluding carboxylic acids is 1. The lowest BCUT2D eigenvalue weighted by atomic mass is 9.83. The second-order valence-corrected chi connectivity index (χ2v) is 7.47. The van der Waals surface area contributed by atoms with E-state index in [1.54, 1.807) is 6.07 Å². The van der Waals surface area contributed by atoms with Crippen LogP contribution >= 0.6 is 23.2 Å². The van der Waals surface area contributed by atoms with Gasteiger partial charge < -0.3 is 10.2 Å². The van der Waals surface area contributed by atoms with Crippen molar-refractivity contribution in [1.29, 1.82) is 0 Å². The zero-order valence-corrected chi connectivity index (χ0v) is 14.9. The molecule has 5 heteroatoms. The van der Waals surface area contributed by atoms with Gasteiger partial charge in [-0.2, -0.15) is 0 Å². The van der Waals surface area contributed by atoms with Gasteiger partial charge in [-0.1, -0.05) is 35.3 Å². The minimum absolute atomic E-state index is 0.0200. The second-order valence-electron chi connectivity index (χ2n) is 6.63. The van der Waals surface area contributed by atoms with E-state index in [0.29, 0.717) is 16.6 Å². The number of fused-ring (bicyclic) bond motifs is 2. The van der Waals surface area contributed by atoms with E-state index >= 15 is 0 Å². The summed E-state index contributed by atoms with van der Waals surface area (Å²) in [5.41, 5.74) is 5.35. The first-order valence-corrected chi connectivity index (χ1v) is 8.86. The zero-order chi connectivity index (χ0) is 16.8. The molecule has 0 saturated carbocycles. The van der Waals surface area contributed by atoms with Gasteiger partial charge in [0.05, 0.1) is 0 Å². The van der Waals surface area contributed by atoms with Gasteiger partial charge in [0.1, 0.15) is 0 Å². The van der Waals surface area contributed by atoms with Crippen LogP contribution in [0.4, 0.5) is 0 Å². The summed E-state index contributed by atoms with van der Waals surface area (Å²) in [6.07, 6.45) is 0.889. The van der Waals surface area contributed by atoms with Gasteiger partial charge in [0, 0.05) is 41.2 Å². The Morgan fingerprint density at radius 2 is 2.04 bits per heavy atom. The molecule has 0 aliphatic carbocycles. The summed E-state index contributed by atoms with van der Waals surface area (Å²) in [4.78, 5) is 14.4. The van der Waals surface area contributed by atoms with Gasteiger partial charge in [-0.05, 0) is 53.9 Å². The van der Waals surface area contributed by atoms with Gasteiger partial charge in [0.15, 0.2) is 0 Å². The normalized spacial score (nSPS) is 20.3. The molecule has 0 fully saturated rings. The topological polar surface area (TPSA) is 32.3 Å². The number of hydrogen-bond acceptors (Lipinski definition) is 2. The lowest BCUT2D eigenvalue weighted by Gasteiger charge is -2.34. The number of hydrogen-bond donors (Lipinski definition) is 1. The third kappa shape index (κ3) is 2.71. The highest BCUT2D eigenvalue weighted by Crippen LogP contribution is 2.38. The van der Waals surface area contributed by atoms with E-state index in [1.807, 2.05) is 12.1 Å². The van der Waals surface area contributed by atoms with E-state index in [4.69, 9.17) is 23.2 Å². The van der Waals surface area contributed by atoms with Crippen molar-refractivity contribution in [3.05, 3.63) is 68.2 Å². The lowest BCUT2D eigenvalue weighted by Crippen LogP contribution is -2.33. The first-order chi connectivity index (χ1) is 11.5. The van der Waals surface area contributed by atoms with Crippen LogP contribution < -0.4 is 5.32 Å². The summed E-state index contributed by atoms with van der Waals surface area (Å²) in [6, 6.07) is 10.1. The first kappa shape index (κ1) is 15.9. The summed E-state index contributed by atoms with van der Waals surface area (Å²) in [5, 5.41) is 4.29. The average Bonchev–Trinajstić information content (AvgIpc) is 2.55. The Hall–Kier alpha value is -1.55. The first-order valence-electron chi connectivity index (χ1n) is 8.10. The van der Waals surface area contributed by atoms with Gasteiger partial charge in [-0.15, -0.1) is 0 Å². The van der Waals surface area contributed by atoms with Gasteiger partial charge in [-0.25, -0.2) is 0 Å². The van der Waals surface area contributed by atoms with Crippen molar-refractivity contribution in [2.45, 2.75) is 18.9 Å². The zero-order valence-electron chi connectivity index (χ0n) is 13.4. The Morgan fingerprint density at radius 1 is 1.21 bits per heavy atom. The Labute approximate surface area is 151 Å². The fraction of sp³-hybridized carbons (Fsp3) is 0.316. The van der Waals surface area contributed by atoms with Crippen molar-refractivity contribution in [3.63, 3.8) is 0 Å². The summed E-state index contributed by atoms with van der Waals surface area (Å²) in [5.74, 6) is 0.182. The molecule has 0 aromatic heterocycles. The molecular weight excluding hydrogens is 343 g/mol. The smallest absolute Gasteiger partial charge is 0.251 e. The van der Waals surface area contributed by atoms with E-state index in [-0.39, 0.29) is 11.8 Å². The van der Waals surface area contributed by atoms with Gasteiger partial charge in [0.25, 0.3) is 5.91 Å². The molecule has 0 bridgehead atoms. The van der Waals surface area contributed by atoms with Crippen LogP contribution in [0.3, 0.4) is 0 Å². The largest absolute Gasteiger partial charge is 0.352 e. The third-order valence-electron chi connectivity index (χ3n) is 4.95. The highest BCUT2D eigenvalue weighted by molar-refractivity contribution is 6.35. The minimum atomic E-state index is 0.0200. The van der Waals surface area contributed by atoms with Crippen molar-refractivity contribution in [2.24, 2.45) is 0 Å². The molecule has 2 heterocycles. The Bertz CT molecular complexity index is 834. The molecule has 1 amide bonds. The molecule has 0 spiro atoms. The molecule has 0 radical (unpaired) electrons. The number of nitrogens with zero attached hydrogens (tertiary/aromatic N) is 1. The molecule has 1 atom stereocenters. The van der Waals surface area contributed by atoms with Crippen LogP contribution in [-0.4, -0.2) is 30.9 Å². The SMILES string of the molecule is CN1Cc2c(Cl)cc(Cl)cc2C(c2ccc3c(c2)C(=O)NCC3)C1. The number of carbonyl (C=O) groups is 1. The monoisotopic (exact) mass is 360 g/mol. The maximum absolute atomic E-state index is 12.2. The molecule has 1 N–H and O–H groups in total. The number of amides is 1. The van der Waals surface area contributed by atoms with Crippen LogP contribution in [0.2, 0.25) is 10.0 Å². The van der Waals surface area contributed by atoms with Crippen LogP contribution in [0, 0.1) is 0 Å². The molecule has 1 unspecified atom stereocenters. The number of halogens is 2. The summed E-state index contributed by atoms with van der Waals surface area (Å²) in [6.45, 7) is 2.41. The van der Waals surface area contributed by atoms with E-state index < -0.39 is 0 Å². The second kappa shape index (κ2) is 6.07. The molecule has 0 saturated heterocycles. The summed E-state index contributed by atoms with van der Waals surface area (Å²) < 4.78 is 0. The van der Waals surface area contributed by atoms with Crippen LogP contribution in [0.25, 0.3) is 0 Å². The van der Waals surface area contributed by atoms with Gasteiger partial charge >= 0.3 is 0 Å². The number of nitrogens with one attached hydrogen (secondary N) is 1. The van der Waals surface area contributed by atoms with Crippen molar-refractivity contribution >= 4 is 29.1 Å². The number of benzene rings is 2. The van der Waals surface area contributed by atoms with Crippen LogP contribution in [-0.2, 0) is 13.0 Å². The molecule has 2 aliphatic heterocycles. The predicted molar refractivity (Wildman–Crippen MR) is 97.1 cm³/mol. The van der Waals surface area contributed by atoms with Gasteiger partial charge in [-0.3, -0.25) is 4.79 Å². The molecule has 2 aromatic rings. The summed E-state index contributed by atoms with van der Waals surface area (Å²) in [7, 11) is 2.09. The number of rotatable bonds is 1. The van der Waals surface area contributed by atoms with E-state index in [0.717, 1.165) is 41.8 Å². The summed E-state index contributed by atoms with van der Waals surface area (Å²) >= 11 is 12.7. The fourth-order valence-electron chi connectivity index (χ4n) is 3.78. The van der Waals surface area contributed by atoms with Crippen LogP contribution in [0.15, 0.2) is 30.3 Å². The highest BCUT2D eigenvalue weighted by atomic mass is 35.5. The van der Waals surface area contributed by atoms with Gasteiger partial charge in [0.2, 0.25) is 0 Å². The molecule has 2 aromatic carbocycles. The van der Waals surface area contributed by atoms with Crippen molar-refractivity contribution in [3.8, 4) is 0 Å². The Morgan fingerprint density at radius 3 is 2.88 bits per heavy atom. The molecule has 2 aliphatic rings. The van der Waals surface area contributed by atoms with E-state index in [1.165, 1.54) is 5.56 Å². The quantitative estimate of drug-likeness (QED) is 0.837. The Kier molecular flexibility index (Phi) is 4.03. The van der Waals surface area contributed by atoms with E-state index in [9.17, 15) is 4.79 Å². The predicted octanol–water partition coefficient (Wildman–Crippen LogP) is 3.86. The molecule has 24 heavy (non-hydrogen) atoms. The van der Waals surface area contributed by atoms with E-state index in [2.05, 4.69) is 29.4 Å². The van der Waals surface area contributed by atoms with Crippen LogP contribution in [0.5, 0.6) is 0 Å². The highest BCUT2D eigenvalue weighted by Gasteiger charge is 2.28. The van der Waals surface area contributed by atoms with Crippen molar-refractivity contribution < 1.29 is 4.79 Å². The third-order valence-corrected chi connectivity index (χ3v) is 5.51. The van der Waals surface area contributed by atoms with Crippen molar-refractivity contribution in [1.82, 2.24) is 10.2 Å². The molecule has 4 rings (SSSR count). The minimum Gasteiger partial charge on any atom is -0.352 e. The standard InChI is InChI=1S/C19H18Cl2N2O/c1-23-9-16(15-7-13(20)8-18(21)17(15)10-23)12-3-2-11-4-5-22-19(24)14(11)6-12/h2-3,6-8,16H,4-5,9-10H2,1H3,(H,22,24). The molecular formula is C19H18Cl2N2O. The van der Waals surface area contributed by atoms with Crippen molar-refractivity contribution in [2.75, 3.05) is 20.1 Å². The lowest BCUT2D eigenvalue weighted by molar-refractivity contribution is 0.0946. The Balaban J connectivity index is 1.83. The molecule has 3 nitrogen and oxygen atoms in total.